The fourth-order valence-corrected chi connectivity index (χ4v) is 7.80. The van der Waals surface area contributed by atoms with Gasteiger partial charge in [-0.1, -0.05) is 123 Å². The second-order valence-corrected chi connectivity index (χ2v) is 12.7. The lowest BCUT2D eigenvalue weighted by Gasteiger charge is -2.30. The molecular formula is C42H33N3. The van der Waals surface area contributed by atoms with Crippen LogP contribution in [0.15, 0.2) is 133 Å². The van der Waals surface area contributed by atoms with Crippen molar-refractivity contribution in [2.75, 3.05) is 0 Å². The van der Waals surface area contributed by atoms with E-state index in [-0.39, 0.29) is 11.8 Å². The zero-order valence-corrected chi connectivity index (χ0v) is 25.5. The number of fused-ring (bicyclic) bond motifs is 7. The summed E-state index contributed by atoms with van der Waals surface area (Å²) < 4.78 is 2.34. The van der Waals surface area contributed by atoms with Crippen molar-refractivity contribution in [3.05, 3.63) is 156 Å². The third-order valence-corrected chi connectivity index (χ3v) is 9.89. The first kappa shape index (κ1) is 26.2. The number of rotatable bonds is 3. The smallest absolute Gasteiger partial charge is 0.122 e. The largest absolute Gasteiger partial charge is 0.296 e. The Labute approximate surface area is 263 Å². The zero-order valence-electron chi connectivity index (χ0n) is 25.5. The SMILES string of the molecule is CC1Cc2ccccc2-c2nc3c(ccc4ccccc43)c(C3=CC(C)C(c4nc5ccccc5n4-c4ccccc4)C=C3)c21. The Morgan fingerprint density at radius 2 is 1.49 bits per heavy atom. The standard InChI is InChI=1S/C42H33N3/c1-26-24-30(21-22-32(26)42-43-36-18-10-11-19-37(36)45(42)31-14-4-3-5-15-31)39-35-23-20-28-12-6-8-16-33(28)40(35)44-41-34-17-9-7-13-29(34)25-27(2)38(39)41/h3-24,26-27,32H,25H2,1-2H3. The van der Waals surface area contributed by atoms with Crippen molar-refractivity contribution in [1.82, 2.24) is 14.5 Å². The molecule has 2 aliphatic rings. The van der Waals surface area contributed by atoms with Crippen molar-refractivity contribution >= 4 is 38.3 Å². The molecule has 45 heavy (non-hydrogen) atoms. The highest BCUT2D eigenvalue weighted by molar-refractivity contribution is 6.11. The topological polar surface area (TPSA) is 30.7 Å². The van der Waals surface area contributed by atoms with Gasteiger partial charge in [-0.2, -0.15) is 0 Å². The lowest BCUT2D eigenvalue weighted by molar-refractivity contribution is 0.598. The summed E-state index contributed by atoms with van der Waals surface area (Å²) in [5.74, 6) is 1.83. The molecule has 0 radical (unpaired) electrons. The molecule has 2 aliphatic carbocycles. The number of para-hydroxylation sites is 3. The molecule has 3 heteroatoms. The van der Waals surface area contributed by atoms with Crippen LogP contribution in [0.25, 0.3) is 55.2 Å². The maximum atomic E-state index is 5.48. The first-order valence-corrected chi connectivity index (χ1v) is 16.0. The van der Waals surface area contributed by atoms with Crippen molar-refractivity contribution in [2.24, 2.45) is 5.92 Å². The summed E-state index contributed by atoms with van der Waals surface area (Å²) in [5.41, 5.74) is 12.2. The zero-order chi connectivity index (χ0) is 30.1. The van der Waals surface area contributed by atoms with Crippen molar-refractivity contribution < 1.29 is 0 Å². The Bertz CT molecular complexity index is 2340. The number of aromatic nitrogens is 3. The minimum atomic E-state index is 0.143. The summed E-state index contributed by atoms with van der Waals surface area (Å²) in [6, 6.07) is 41.2. The molecule has 0 spiro atoms. The van der Waals surface area contributed by atoms with Crippen LogP contribution in [-0.4, -0.2) is 14.5 Å². The lowest BCUT2D eigenvalue weighted by Crippen LogP contribution is -2.17. The predicted molar refractivity (Wildman–Crippen MR) is 187 cm³/mol. The number of benzene rings is 5. The summed E-state index contributed by atoms with van der Waals surface area (Å²) in [6.07, 6.45) is 8.25. The number of allylic oxidation sites excluding steroid dienone is 4. The molecule has 3 nitrogen and oxygen atoms in total. The number of hydrogen-bond donors (Lipinski definition) is 0. The molecular weight excluding hydrogens is 546 g/mol. The third-order valence-electron chi connectivity index (χ3n) is 9.89. The number of hydrogen-bond acceptors (Lipinski definition) is 2. The molecule has 2 aromatic heterocycles. The summed E-state index contributed by atoms with van der Waals surface area (Å²) in [4.78, 5) is 10.7. The van der Waals surface area contributed by atoms with Crippen LogP contribution in [0, 0.1) is 5.92 Å². The molecule has 3 unspecified atom stereocenters. The van der Waals surface area contributed by atoms with Crippen LogP contribution in [0.4, 0.5) is 0 Å². The molecule has 0 saturated carbocycles. The molecule has 0 bridgehead atoms. The van der Waals surface area contributed by atoms with Crippen LogP contribution < -0.4 is 0 Å². The number of imidazole rings is 1. The first-order valence-electron chi connectivity index (χ1n) is 16.0. The Morgan fingerprint density at radius 3 is 2.38 bits per heavy atom. The molecule has 0 fully saturated rings. The second-order valence-electron chi connectivity index (χ2n) is 12.7. The Hall–Kier alpha value is -5.28. The third kappa shape index (κ3) is 4.04. The van der Waals surface area contributed by atoms with Crippen molar-refractivity contribution in [2.45, 2.75) is 32.1 Å². The van der Waals surface area contributed by atoms with Crippen LogP contribution in [0.2, 0.25) is 0 Å². The average molecular weight is 580 g/mol. The second kappa shape index (κ2) is 10.1. The van der Waals surface area contributed by atoms with Gasteiger partial charge in [-0.15, -0.1) is 0 Å². The van der Waals surface area contributed by atoms with Gasteiger partial charge in [-0.05, 0) is 70.2 Å². The van der Waals surface area contributed by atoms with Crippen LogP contribution >= 0.6 is 0 Å². The summed E-state index contributed by atoms with van der Waals surface area (Å²) in [5, 5.41) is 3.66. The van der Waals surface area contributed by atoms with E-state index in [1.807, 2.05) is 0 Å². The highest BCUT2D eigenvalue weighted by Crippen LogP contribution is 2.47. The highest BCUT2D eigenvalue weighted by Gasteiger charge is 2.31. The van der Waals surface area contributed by atoms with Crippen molar-refractivity contribution in [1.29, 1.82) is 0 Å². The van der Waals surface area contributed by atoms with E-state index in [1.165, 1.54) is 44.0 Å². The van der Waals surface area contributed by atoms with Gasteiger partial charge in [0.15, 0.2) is 0 Å². The van der Waals surface area contributed by atoms with Gasteiger partial charge in [0, 0.05) is 27.9 Å². The molecule has 9 rings (SSSR count). The van der Waals surface area contributed by atoms with Gasteiger partial charge < -0.3 is 0 Å². The Kier molecular flexibility index (Phi) is 5.89. The summed E-state index contributed by atoms with van der Waals surface area (Å²) in [6.45, 7) is 4.71. The Morgan fingerprint density at radius 1 is 0.711 bits per heavy atom. The van der Waals surface area contributed by atoms with Gasteiger partial charge in [0.05, 0.1) is 22.2 Å². The van der Waals surface area contributed by atoms with Crippen LogP contribution in [0.5, 0.6) is 0 Å². The van der Waals surface area contributed by atoms with E-state index < -0.39 is 0 Å². The van der Waals surface area contributed by atoms with Gasteiger partial charge in [0.25, 0.3) is 0 Å². The molecule has 0 amide bonds. The molecule has 7 aromatic rings. The summed E-state index contributed by atoms with van der Waals surface area (Å²) >= 11 is 0. The van der Waals surface area contributed by atoms with Gasteiger partial charge >= 0.3 is 0 Å². The van der Waals surface area contributed by atoms with Gasteiger partial charge in [0.1, 0.15) is 5.82 Å². The fourth-order valence-electron chi connectivity index (χ4n) is 7.80. The van der Waals surface area contributed by atoms with Crippen LogP contribution in [-0.2, 0) is 6.42 Å². The molecule has 0 aliphatic heterocycles. The fraction of sp³-hybridized carbons (Fsp3) is 0.143. The van der Waals surface area contributed by atoms with E-state index in [0.29, 0.717) is 5.92 Å². The van der Waals surface area contributed by atoms with Gasteiger partial charge in [-0.25, -0.2) is 9.97 Å². The molecule has 0 N–H and O–H groups in total. The van der Waals surface area contributed by atoms with Crippen LogP contribution in [0.1, 0.15) is 48.2 Å². The molecule has 216 valence electrons. The van der Waals surface area contributed by atoms with Crippen LogP contribution in [0.3, 0.4) is 0 Å². The molecule has 2 heterocycles. The van der Waals surface area contributed by atoms with E-state index in [2.05, 4.69) is 152 Å². The number of pyridine rings is 1. The molecule has 0 saturated heterocycles. The summed E-state index contributed by atoms with van der Waals surface area (Å²) in [7, 11) is 0. The normalized spacial score (nSPS) is 19.1. The minimum absolute atomic E-state index is 0.143. The Balaban J connectivity index is 1.25. The van der Waals surface area contributed by atoms with E-state index in [0.717, 1.165) is 40.2 Å². The van der Waals surface area contributed by atoms with Gasteiger partial charge in [0.2, 0.25) is 0 Å². The lowest BCUT2D eigenvalue weighted by atomic mass is 9.75. The minimum Gasteiger partial charge on any atom is -0.296 e. The molecule has 3 atom stereocenters. The van der Waals surface area contributed by atoms with Crippen molar-refractivity contribution in [3.63, 3.8) is 0 Å². The first-order chi connectivity index (χ1) is 22.2. The number of nitrogens with zero attached hydrogens (tertiary/aromatic N) is 3. The molecule has 5 aromatic carbocycles. The average Bonchev–Trinajstić information content (AvgIpc) is 3.47. The highest BCUT2D eigenvalue weighted by atomic mass is 15.1. The van der Waals surface area contributed by atoms with E-state index in [9.17, 15) is 0 Å². The maximum absolute atomic E-state index is 5.48. The maximum Gasteiger partial charge on any atom is 0.122 e. The predicted octanol–water partition coefficient (Wildman–Crippen LogP) is 10.4. The monoisotopic (exact) mass is 579 g/mol. The van der Waals surface area contributed by atoms with Crippen molar-refractivity contribution in [3.8, 4) is 16.9 Å². The van der Waals surface area contributed by atoms with E-state index in [1.54, 1.807) is 0 Å². The van der Waals surface area contributed by atoms with E-state index in [4.69, 9.17) is 9.97 Å². The van der Waals surface area contributed by atoms with Gasteiger partial charge in [-0.3, -0.25) is 4.57 Å². The quantitative estimate of drug-likeness (QED) is 0.195. The van der Waals surface area contributed by atoms with E-state index >= 15 is 0 Å².